The van der Waals surface area contributed by atoms with Crippen molar-refractivity contribution in [3.8, 4) is 0 Å². The second-order valence-corrected chi connectivity index (χ2v) is 5.43. The molecule has 0 bridgehead atoms. The molecule has 1 saturated heterocycles. The molecule has 1 spiro atoms. The van der Waals surface area contributed by atoms with Crippen LogP contribution in [0.4, 0.5) is 4.79 Å². The molecule has 1 heterocycles. The van der Waals surface area contributed by atoms with Gasteiger partial charge in [-0.05, 0) is 26.7 Å². The summed E-state index contributed by atoms with van der Waals surface area (Å²) in [6, 6.07) is 0.353. The molecular weight excluding hydrogens is 204 g/mol. The first-order valence-corrected chi connectivity index (χ1v) is 5.99. The Bertz CT molecular complexity index is 338. The number of carbonyl (C=O) groups is 1. The highest BCUT2D eigenvalue weighted by atomic mass is 16.4. The number of aliphatic imine (C=N–C) groups is 1. The summed E-state index contributed by atoms with van der Waals surface area (Å²) in [7, 11) is 0. The van der Waals surface area contributed by atoms with Crippen LogP contribution in [0.1, 0.15) is 33.6 Å². The van der Waals surface area contributed by atoms with E-state index in [4.69, 9.17) is 5.11 Å². The quantitative estimate of drug-likeness (QED) is 0.742. The predicted molar refractivity (Wildman–Crippen MR) is 63.0 cm³/mol. The molecule has 1 N–H and O–H groups in total. The van der Waals surface area contributed by atoms with Crippen LogP contribution >= 0.6 is 0 Å². The van der Waals surface area contributed by atoms with Crippen molar-refractivity contribution < 1.29 is 9.90 Å². The average molecular weight is 224 g/mol. The van der Waals surface area contributed by atoms with Crippen LogP contribution in [0.15, 0.2) is 4.99 Å². The number of likely N-dealkylation sites (tertiary alicyclic amines) is 1. The van der Waals surface area contributed by atoms with Gasteiger partial charge in [0.2, 0.25) is 0 Å². The minimum absolute atomic E-state index is 0.201. The normalized spacial score (nSPS) is 36.1. The fraction of sp³-hybridized carbons (Fsp3) is 0.833. The lowest BCUT2D eigenvalue weighted by Crippen LogP contribution is -2.49. The summed E-state index contributed by atoms with van der Waals surface area (Å²) >= 11 is 0. The Kier molecular flexibility index (Phi) is 2.68. The Morgan fingerprint density at radius 3 is 2.75 bits per heavy atom. The molecule has 0 aromatic carbocycles. The van der Waals surface area contributed by atoms with E-state index in [-0.39, 0.29) is 5.41 Å². The van der Waals surface area contributed by atoms with Crippen LogP contribution < -0.4 is 0 Å². The highest BCUT2D eigenvalue weighted by Gasteiger charge is 2.53. The zero-order valence-corrected chi connectivity index (χ0v) is 10.2. The summed E-state index contributed by atoms with van der Waals surface area (Å²) in [5.41, 5.74) is 1.48. The molecule has 2 aliphatic rings. The van der Waals surface area contributed by atoms with Crippen molar-refractivity contribution in [3.05, 3.63) is 0 Å². The second-order valence-electron chi connectivity index (χ2n) is 5.43. The summed E-state index contributed by atoms with van der Waals surface area (Å²) < 4.78 is 0. The lowest BCUT2D eigenvalue weighted by molar-refractivity contribution is 0.136. The fourth-order valence-electron chi connectivity index (χ4n) is 2.94. The van der Waals surface area contributed by atoms with Crippen LogP contribution in [-0.2, 0) is 0 Å². The van der Waals surface area contributed by atoms with Crippen LogP contribution in [-0.4, -0.2) is 40.9 Å². The first-order valence-electron chi connectivity index (χ1n) is 5.99. The Morgan fingerprint density at radius 2 is 2.31 bits per heavy atom. The molecule has 0 radical (unpaired) electrons. The SMILES string of the molecule is CC(C)N=C1CC2(CCN(C(=O)O)C2)C1C. The number of hydrogen-bond donors (Lipinski definition) is 1. The minimum Gasteiger partial charge on any atom is -0.465 e. The zero-order chi connectivity index (χ0) is 11.9. The highest BCUT2D eigenvalue weighted by Crippen LogP contribution is 2.51. The van der Waals surface area contributed by atoms with Crippen molar-refractivity contribution >= 4 is 11.8 Å². The fourth-order valence-corrected chi connectivity index (χ4v) is 2.94. The van der Waals surface area contributed by atoms with Gasteiger partial charge in [0.15, 0.2) is 0 Å². The molecule has 1 amide bonds. The topological polar surface area (TPSA) is 52.9 Å². The summed E-state index contributed by atoms with van der Waals surface area (Å²) in [5, 5.41) is 8.96. The molecule has 4 nitrogen and oxygen atoms in total. The van der Waals surface area contributed by atoms with Crippen molar-refractivity contribution in [2.24, 2.45) is 16.3 Å². The van der Waals surface area contributed by atoms with Crippen molar-refractivity contribution in [1.82, 2.24) is 4.90 Å². The highest BCUT2D eigenvalue weighted by molar-refractivity contribution is 5.94. The van der Waals surface area contributed by atoms with Gasteiger partial charge in [-0.15, -0.1) is 0 Å². The number of rotatable bonds is 1. The van der Waals surface area contributed by atoms with Gasteiger partial charge in [-0.25, -0.2) is 4.79 Å². The molecule has 0 aromatic heterocycles. The Balaban J connectivity index is 2.02. The summed E-state index contributed by atoms with van der Waals surface area (Å²) in [6.07, 6.45) is 1.21. The van der Waals surface area contributed by atoms with Gasteiger partial charge in [0.25, 0.3) is 0 Å². The van der Waals surface area contributed by atoms with E-state index in [1.807, 2.05) is 0 Å². The van der Waals surface area contributed by atoms with E-state index >= 15 is 0 Å². The predicted octanol–water partition coefficient (Wildman–Crippen LogP) is 2.25. The molecule has 2 rings (SSSR count). The minimum atomic E-state index is -0.779. The molecule has 1 aliphatic carbocycles. The lowest BCUT2D eigenvalue weighted by atomic mass is 9.59. The van der Waals surface area contributed by atoms with Gasteiger partial charge < -0.3 is 10.0 Å². The molecule has 90 valence electrons. The van der Waals surface area contributed by atoms with Gasteiger partial charge in [0.1, 0.15) is 0 Å². The molecule has 2 unspecified atom stereocenters. The smallest absolute Gasteiger partial charge is 0.407 e. The van der Waals surface area contributed by atoms with Crippen LogP contribution in [0.5, 0.6) is 0 Å². The third-order valence-electron chi connectivity index (χ3n) is 4.03. The van der Waals surface area contributed by atoms with Crippen LogP contribution in [0.2, 0.25) is 0 Å². The van der Waals surface area contributed by atoms with Crippen LogP contribution in [0.3, 0.4) is 0 Å². The number of carboxylic acid groups (broad SMARTS) is 1. The Labute approximate surface area is 96.4 Å². The number of hydrogen-bond acceptors (Lipinski definition) is 2. The van der Waals surface area contributed by atoms with E-state index in [0.717, 1.165) is 12.8 Å². The molecule has 2 atom stereocenters. The zero-order valence-electron chi connectivity index (χ0n) is 10.2. The molecule has 1 aliphatic heterocycles. The summed E-state index contributed by atoms with van der Waals surface area (Å²) in [5.74, 6) is 0.458. The van der Waals surface area contributed by atoms with E-state index < -0.39 is 6.09 Å². The van der Waals surface area contributed by atoms with Crippen molar-refractivity contribution in [2.75, 3.05) is 13.1 Å². The van der Waals surface area contributed by atoms with E-state index in [0.29, 0.717) is 25.0 Å². The molecule has 2 fully saturated rings. The largest absolute Gasteiger partial charge is 0.465 e. The van der Waals surface area contributed by atoms with E-state index in [9.17, 15) is 4.79 Å². The van der Waals surface area contributed by atoms with Crippen molar-refractivity contribution in [2.45, 2.75) is 39.7 Å². The van der Waals surface area contributed by atoms with E-state index in [2.05, 4.69) is 25.8 Å². The maximum absolute atomic E-state index is 10.9. The van der Waals surface area contributed by atoms with Gasteiger partial charge in [-0.3, -0.25) is 4.99 Å². The molecule has 16 heavy (non-hydrogen) atoms. The van der Waals surface area contributed by atoms with Gasteiger partial charge in [0, 0.05) is 36.2 Å². The third-order valence-corrected chi connectivity index (χ3v) is 4.03. The summed E-state index contributed by atoms with van der Waals surface area (Å²) in [6.45, 7) is 7.75. The first kappa shape index (κ1) is 11.4. The molecule has 4 heteroatoms. The molecule has 0 aromatic rings. The van der Waals surface area contributed by atoms with Crippen molar-refractivity contribution in [1.29, 1.82) is 0 Å². The van der Waals surface area contributed by atoms with Crippen LogP contribution in [0.25, 0.3) is 0 Å². The summed E-state index contributed by atoms with van der Waals surface area (Å²) in [4.78, 5) is 17.0. The molecular formula is C12H20N2O2. The van der Waals surface area contributed by atoms with Crippen molar-refractivity contribution in [3.63, 3.8) is 0 Å². The second kappa shape index (κ2) is 3.75. The third kappa shape index (κ3) is 1.70. The van der Waals surface area contributed by atoms with Gasteiger partial charge >= 0.3 is 6.09 Å². The van der Waals surface area contributed by atoms with E-state index in [1.54, 1.807) is 4.90 Å². The Hall–Kier alpha value is -1.06. The van der Waals surface area contributed by atoms with Gasteiger partial charge in [-0.2, -0.15) is 0 Å². The first-order chi connectivity index (χ1) is 7.44. The van der Waals surface area contributed by atoms with Crippen LogP contribution in [0, 0.1) is 11.3 Å². The average Bonchev–Trinajstić information content (AvgIpc) is 2.63. The van der Waals surface area contributed by atoms with E-state index in [1.165, 1.54) is 5.71 Å². The Morgan fingerprint density at radius 1 is 1.62 bits per heavy atom. The number of amides is 1. The van der Waals surface area contributed by atoms with Gasteiger partial charge in [-0.1, -0.05) is 6.92 Å². The maximum atomic E-state index is 10.9. The number of nitrogens with zero attached hydrogens (tertiary/aromatic N) is 2. The maximum Gasteiger partial charge on any atom is 0.407 e. The lowest BCUT2D eigenvalue weighted by Gasteiger charge is -2.46. The van der Waals surface area contributed by atoms with Gasteiger partial charge in [0.05, 0.1) is 0 Å². The molecule has 1 saturated carbocycles. The monoisotopic (exact) mass is 224 g/mol. The standard InChI is InChI=1S/C12H20N2O2/c1-8(2)13-10-6-12(9(10)3)4-5-14(7-12)11(15)16/h8-9H,4-7H2,1-3H3,(H,15,16).